The van der Waals surface area contributed by atoms with Crippen LogP contribution in [0.2, 0.25) is 0 Å². The van der Waals surface area contributed by atoms with Crippen molar-refractivity contribution in [3.8, 4) is 0 Å². The second-order valence-corrected chi connectivity index (χ2v) is 2.00. The van der Waals surface area contributed by atoms with Crippen molar-refractivity contribution in [1.82, 2.24) is 0 Å². The Morgan fingerprint density at radius 2 is 1.00 bits per heavy atom. The van der Waals surface area contributed by atoms with Crippen LogP contribution >= 0.6 is 0 Å². The second-order valence-electron chi connectivity index (χ2n) is 2.00. The third-order valence-corrected chi connectivity index (χ3v) is 1.05. The molecule has 0 nitrogen and oxygen atoms in total. The number of hydrogen-bond acceptors (Lipinski definition) is 0. The standard InChI is InChI=1S/C4HF9.Na.H/c5-1(6)2(7,8)3(9,10)4(11,12)13;;/h1H;;. The van der Waals surface area contributed by atoms with Gasteiger partial charge in [0.2, 0.25) is 0 Å². The van der Waals surface area contributed by atoms with E-state index in [1.807, 2.05) is 0 Å². The number of rotatable bonds is 2. The molecule has 0 aliphatic carbocycles. The molecule has 0 aromatic heterocycles. The van der Waals surface area contributed by atoms with Gasteiger partial charge in [0.1, 0.15) is 0 Å². The van der Waals surface area contributed by atoms with Crippen molar-refractivity contribution >= 4 is 29.6 Å². The van der Waals surface area contributed by atoms with Gasteiger partial charge in [-0.2, -0.15) is 30.7 Å². The molecule has 0 N–H and O–H groups in total. The average molecular weight is 244 g/mol. The van der Waals surface area contributed by atoms with Gasteiger partial charge in [-0.15, -0.1) is 0 Å². The molecule has 0 aliphatic rings. The summed E-state index contributed by atoms with van der Waals surface area (Å²) in [5, 5.41) is 0. The Morgan fingerprint density at radius 1 is 0.714 bits per heavy atom. The maximum atomic E-state index is 11.6. The van der Waals surface area contributed by atoms with Gasteiger partial charge >= 0.3 is 54.0 Å². The van der Waals surface area contributed by atoms with Gasteiger partial charge in [-0.3, -0.25) is 0 Å². The zero-order chi connectivity index (χ0) is 11.1. The van der Waals surface area contributed by atoms with Crippen LogP contribution in [0.15, 0.2) is 0 Å². The molecule has 0 aromatic carbocycles. The minimum atomic E-state index is -6.73. The Bertz CT molecular complexity index is 182. The third kappa shape index (κ3) is 2.69. The van der Waals surface area contributed by atoms with Gasteiger partial charge in [0.15, 0.2) is 0 Å². The molecule has 0 aliphatic heterocycles. The zero-order valence-corrected chi connectivity index (χ0v) is 5.48. The van der Waals surface area contributed by atoms with E-state index in [1.54, 1.807) is 0 Å². The molecule has 0 fully saturated rings. The molecular weight excluding hydrogens is 242 g/mol. The fraction of sp³-hybridized carbons (Fsp3) is 1.00. The number of hydrogen-bond donors (Lipinski definition) is 0. The van der Waals surface area contributed by atoms with Gasteiger partial charge in [0, 0.05) is 0 Å². The van der Waals surface area contributed by atoms with Gasteiger partial charge < -0.3 is 0 Å². The molecule has 14 heavy (non-hydrogen) atoms. The van der Waals surface area contributed by atoms with Crippen LogP contribution in [-0.4, -0.2) is 54.0 Å². The maximum absolute atomic E-state index is 11.6. The van der Waals surface area contributed by atoms with Crippen LogP contribution in [0.3, 0.4) is 0 Å². The van der Waals surface area contributed by atoms with Crippen LogP contribution in [0.1, 0.15) is 0 Å². The summed E-state index contributed by atoms with van der Waals surface area (Å²) in [6, 6.07) is 0. The topological polar surface area (TPSA) is 0 Å². The fourth-order valence-electron chi connectivity index (χ4n) is 0.326. The van der Waals surface area contributed by atoms with E-state index in [4.69, 9.17) is 0 Å². The molecule has 0 spiro atoms. The van der Waals surface area contributed by atoms with Gasteiger partial charge in [0.25, 0.3) is 0 Å². The molecule has 0 rings (SSSR count). The van der Waals surface area contributed by atoms with Crippen LogP contribution in [0.5, 0.6) is 0 Å². The first-order chi connectivity index (χ1) is 5.44. The van der Waals surface area contributed by atoms with E-state index < -0.39 is 24.4 Å². The van der Waals surface area contributed by atoms with E-state index in [-0.39, 0.29) is 29.6 Å². The molecule has 0 radical (unpaired) electrons. The van der Waals surface area contributed by atoms with Crippen LogP contribution < -0.4 is 0 Å². The molecule has 0 amide bonds. The normalized spacial score (nSPS) is 14.1. The van der Waals surface area contributed by atoms with Crippen molar-refractivity contribution < 1.29 is 39.5 Å². The summed E-state index contributed by atoms with van der Waals surface area (Å²) in [6.07, 6.45) is -11.8. The summed E-state index contributed by atoms with van der Waals surface area (Å²) in [6.45, 7) is 0. The summed E-state index contributed by atoms with van der Waals surface area (Å²) < 4.78 is 102. The Hall–Kier alpha value is 0.370. The number of halogens is 9. The molecule has 0 atom stereocenters. The Kier molecular flexibility index (Phi) is 5.37. The second kappa shape index (κ2) is 4.48. The Morgan fingerprint density at radius 3 is 1.07 bits per heavy atom. The summed E-state index contributed by atoms with van der Waals surface area (Å²) in [5.41, 5.74) is 0. The van der Waals surface area contributed by atoms with Crippen molar-refractivity contribution in [2.45, 2.75) is 24.4 Å². The van der Waals surface area contributed by atoms with E-state index in [0.29, 0.717) is 0 Å². The molecule has 0 heterocycles. The van der Waals surface area contributed by atoms with Crippen LogP contribution in [0.4, 0.5) is 39.5 Å². The molecule has 10 heteroatoms. The summed E-state index contributed by atoms with van der Waals surface area (Å²) in [5.74, 6) is -13.1. The molecular formula is C4H2F9Na. The third-order valence-electron chi connectivity index (χ3n) is 1.05. The van der Waals surface area contributed by atoms with Gasteiger partial charge in [-0.25, -0.2) is 8.78 Å². The number of alkyl halides is 9. The first kappa shape index (κ1) is 16.8. The predicted molar refractivity (Wildman–Crippen MR) is 29.1 cm³/mol. The first-order valence-electron chi connectivity index (χ1n) is 2.55. The molecule has 0 unspecified atom stereocenters. The van der Waals surface area contributed by atoms with E-state index in [0.717, 1.165) is 0 Å². The van der Waals surface area contributed by atoms with E-state index in [9.17, 15) is 39.5 Å². The molecule has 0 aromatic rings. The monoisotopic (exact) mass is 244 g/mol. The zero-order valence-electron chi connectivity index (χ0n) is 5.48. The van der Waals surface area contributed by atoms with Crippen molar-refractivity contribution in [3.05, 3.63) is 0 Å². The van der Waals surface area contributed by atoms with Crippen LogP contribution in [-0.2, 0) is 0 Å². The van der Waals surface area contributed by atoms with Gasteiger partial charge in [0.05, 0.1) is 0 Å². The Balaban J connectivity index is 0. The first-order valence-corrected chi connectivity index (χ1v) is 2.55. The van der Waals surface area contributed by atoms with E-state index in [1.165, 1.54) is 0 Å². The van der Waals surface area contributed by atoms with Crippen molar-refractivity contribution in [1.29, 1.82) is 0 Å². The molecule has 0 bridgehead atoms. The molecule has 0 saturated heterocycles. The van der Waals surface area contributed by atoms with E-state index in [2.05, 4.69) is 0 Å². The van der Waals surface area contributed by atoms with Crippen molar-refractivity contribution in [2.75, 3.05) is 0 Å². The van der Waals surface area contributed by atoms with Crippen LogP contribution in [0.25, 0.3) is 0 Å². The van der Waals surface area contributed by atoms with Crippen LogP contribution in [0, 0.1) is 0 Å². The fourth-order valence-corrected chi connectivity index (χ4v) is 0.326. The SMILES string of the molecule is FC(F)C(F)(F)C(F)(F)C(F)(F)F.[NaH]. The molecule has 82 valence electrons. The average Bonchev–Trinajstić information content (AvgIpc) is 1.84. The quantitative estimate of drug-likeness (QED) is 0.517. The van der Waals surface area contributed by atoms with Gasteiger partial charge in [-0.05, 0) is 0 Å². The molecule has 0 saturated carbocycles. The van der Waals surface area contributed by atoms with Crippen molar-refractivity contribution in [2.24, 2.45) is 0 Å². The van der Waals surface area contributed by atoms with Gasteiger partial charge in [-0.1, -0.05) is 0 Å². The summed E-state index contributed by atoms with van der Waals surface area (Å²) in [7, 11) is 0. The minimum absolute atomic E-state index is 0. The summed E-state index contributed by atoms with van der Waals surface area (Å²) >= 11 is 0. The Labute approximate surface area is 93.7 Å². The summed E-state index contributed by atoms with van der Waals surface area (Å²) in [4.78, 5) is 0. The van der Waals surface area contributed by atoms with Crippen molar-refractivity contribution in [3.63, 3.8) is 0 Å². The predicted octanol–water partition coefficient (Wildman–Crippen LogP) is 2.44. The van der Waals surface area contributed by atoms with E-state index >= 15 is 0 Å².